The molecular weight excluding hydrogens is 194 g/mol. The summed E-state index contributed by atoms with van der Waals surface area (Å²) in [6.07, 6.45) is 0.505. The van der Waals surface area contributed by atoms with E-state index in [1.807, 2.05) is 25.1 Å². The first-order valence-corrected chi connectivity index (χ1v) is 4.95. The van der Waals surface area contributed by atoms with Crippen LogP contribution >= 0.6 is 0 Å². The number of fused-ring (bicyclic) bond motifs is 1. The zero-order chi connectivity index (χ0) is 10.7. The van der Waals surface area contributed by atoms with E-state index in [0.717, 1.165) is 17.1 Å². The number of carbonyl (C=O) groups excluding carboxylic acids is 1. The van der Waals surface area contributed by atoms with Gasteiger partial charge in [-0.25, -0.2) is 0 Å². The summed E-state index contributed by atoms with van der Waals surface area (Å²) in [5.41, 5.74) is 1.01. The van der Waals surface area contributed by atoms with Crippen LogP contribution in [-0.4, -0.2) is 12.7 Å². The molecule has 0 aliphatic carbocycles. The van der Waals surface area contributed by atoms with Crippen molar-refractivity contribution in [3.05, 3.63) is 23.8 Å². The normalized spacial score (nSPS) is 12.6. The number of amides is 1. The third-order valence-electron chi connectivity index (χ3n) is 2.25. The standard InChI is InChI=1S/C11H13NO3/c1-2-11(13)12-6-8-3-4-9-10(5-8)15-7-14-9/h3-5H,2,6-7H2,1H3,(H,12,13). The van der Waals surface area contributed by atoms with Crippen LogP contribution in [0.3, 0.4) is 0 Å². The van der Waals surface area contributed by atoms with Crippen molar-refractivity contribution in [2.45, 2.75) is 19.9 Å². The van der Waals surface area contributed by atoms with E-state index in [-0.39, 0.29) is 12.7 Å². The second-order valence-electron chi connectivity index (χ2n) is 3.32. The van der Waals surface area contributed by atoms with E-state index in [4.69, 9.17) is 9.47 Å². The Morgan fingerprint density at radius 3 is 3.00 bits per heavy atom. The van der Waals surface area contributed by atoms with Crippen molar-refractivity contribution >= 4 is 5.91 Å². The molecule has 0 saturated heterocycles. The molecule has 1 amide bonds. The van der Waals surface area contributed by atoms with E-state index >= 15 is 0 Å². The van der Waals surface area contributed by atoms with E-state index in [2.05, 4.69) is 5.32 Å². The highest BCUT2D eigenvalue weighted by Crippen LogP contribution is 2.32. The first kappa shape index (κ1) is 9.83. The molecule has 0 spiro atoms. The average molecular weight is 207 g/mol. The second-order valence-corrected chi connectivity index (χ2v) is 3.32. The van der Waals surface area contributed by atoms with Gasteiger partial charge in [0, 0.05) is 13.0 Å². The number of ether oxygens (including phenoxy) is 2. The Bertz CT molecular complexity index is 376. The number of benzene rings is 1. The molecule has 0 unspecified atom stereocenters. The molecule has 1 N–H and O–H groups in total. The molecule has 15 heavy (non-hydrogen) atoms. The maximum atomic E-state index is 11.1. The van der Waals surface area contributed by atoms with Gasteiger partial charge in [0.15, 0.2) is 11.5 Å². The van der Waals surface area contributed by atoms with Crippen LogP contribution in [0.1, 0.15) is 18.9 Å². The van der Waals surface area contributed by atoms with Gasteiger partial charge in [-0.05, 0) is 17.7 Å². The molecule has 1 heterocycles. The Kier molecular flexibility index (Phi) is 2.76. The highest BCUT2D eigenvalue weighted by molar-refractivity contribution is 5.75. The van der Waals surface area contributed by atoms with Crippen molar-refractivity contribution in [1.29, 1.82) is 0 Å². The van der Waals surface area contributed by atoms with Crippen molar-refractivity contribution in [3.63, 3.8) is 0 Å². The Morgan fingerprint density at radius 1 is 1.40 bits per heavy atom. The predicted molar refractivity (Wildman–Crippen MR) is 54.7 cm³/mol. The van der Waals surface area contributed by atoms with E-state index in [1.165, 1.54) is 0 Å². The molecule has 1 aromatic rings. The lowest BCUT2D eigenvalue weighted by atomic mass is 10.2. The van der Waals surface area contributed by atoms with Crippen molar-refractivity contribution in [3.8, 4) is 11.5 Å². The molecule has 80 valence electrons. The molecule has 0 aromatic heterocycles. The minimum Gasteiger partial charge on any atom is -0.454 e. The Morgan fingerprint density at radius 2 is 2.20 bits per heavy atom. The van der Waals surface area contributed by atoms with E-state index < -0.39 is 0 Å². The van der Waals surface area contributed by atoms with Crippen LogP contribution in [0.2, 0.25) is 0 Å². The molecule has 0 radical (unpaired) electrons. The van der Waals surface area contributed by atoms with Gasteiger partial charge >= 0.3 is 0 Å². The van der Waals surface area contributed by atoms with Gasteiger partial charge in [-0.15, -0.1) is 0 Å². The third-order valence-corrected chi connectivity index (χ3v) is 2.25. The molecule has 0 saturated carbocycles. The molecule has 4 heteroatoms. The van der Waals surface area contributed by atoms with Crippen molar-refractivity contribution in [2.24, 2.45) is 0 Å². The monoisotopic (exact) mass is 207 g/mol. The molecule has 0 bridgehead atoms. The maximum Gasteiger partial charge on any atom is 0.231 e. The fourth-order valence-electron chi connectivity index (χ4n) is 1.38. The number of carbonyl (C=O) groups is 1. The van der Waals surface area contributed by atoms with Crippen LogP contribution in [0.4, 0.5) is 0 Å². The van der Waals surface area contributed by atoms with E-state index in [0.29, 0.717) is 13.0 Å². The second kappa shape index (κ2) is 4.21. The number of hydrogen-bond donors (Lipinski definition) is 1. The summed E-state index contributed by atoms with van der Waals surface area (Å²) in [6, 6.07) is 5.66. The topological polar surface area (TPSA) is 47.6 Å². The third kappa shape index (κ3) is 2.21. The smallest absolute Gasteiger partial charge is 0.231 e. The molecular formula is C11H13NO3. The van der Waals surface area contributed by atoms with Crippen LogP contribution in [0.5, 0.6) is 11.5 Å². The lowest BCUT2D eigenvalue weighted by Crippen LogP contribution is -2.21. The van der Waals surface area contributed by atoms with Crippen LogP contribution in [0, 0.1) is 0 Å². The van der Waals surface area contributed by atoms with Gasteiger partial charge in [0.1, 0.15) is 0 Å². The molecule has 0 fully saturated rings. The zero-order valence-electron chi connectivity index (χ0n) is 8.58. The molecule has 1 aliphatic rings. The first-order valence-electron chi connectivity index (χ1n) is 4.95. The first-order chi connectivity index (χ1) is 7.29. The summed E-state index contributed by atoms with van der Waals surface area (Å²) in [6.45, 7) is 2.64. The summed E-state index contributed by atoms with van der Waals surface area (Å²) in [5.74, 6) is 1.56. The van der Waals surface area contributed by atoms with Crippen LogP contribution in [0.25, 0.3) is 0 Å². The minimum absolute atomic E-state index is 0.0488. The van der Waals surface area contributed by atoms with Gasteiger partial charge in [0.05, 0.1) is 0 Å². The predicted octanol–water partition coefficient (Wildman–Crippen LogP) is 1.44. The lowest BCUT2D eigenvalue weighted by Gasteiger charge is -2.04. The van der Waals surface area contributed by atoms with Crippen molar-refractivity contribution in [2.75, 3.05) is 6.79 Å². The lowest BCUT2D eigenvalue weighted by molar-refractivity contribution is -0.120. The summed E-state index contributed by atoms with van der Waals surface area (Å²) in [5, 5.41) is 2.80. The molecule has 1 aromatic carbocycles. The van der Waals surface area contributed by atoms with E-state index in [9.17, 15) is 4.79 Å². The SMILES string of the molecule is CCC(=O)NCc1ccc2c(c1)OCO2. The summed E-state index contributed by atoms with van der Waals surface area (Å²) in [4.78, 5) is 11.1. The zero-order valence-corrected chi connectivity index (χ0v) is 8.58. The maximum absolute atomic E-state index is 11.1. The van der Waals surface area contributed by atoms with Gasteiger partial charge in [-0.1, -0.05) is 13.0 Å². The molecule has 0 atom stereocenters. The summed E-state index contributed by atoms with van der Waals surface area (Å²) >= 11 is 0. The van der Waals surface area contributed by atoms with Crippen molar-refractivity contribution < 1.29 is 14.3 Å². The Hall–Kier alpha value is -1.71. The molecule has 2 rings (SSSR count). The fourth-order valence-corrected chi connectivity index (χ4v) is 1.38. The van der Waals surface area contributed by atoms with Gasteiger partial charge in [0.25, 0.3) is 0 Å². The largest absolute Gasteiger partial charge is 0.454 e. The van der Waals surface area contributed by atoms with Crippen LogP contribution in [-0.2, 0) is 11.3 Å². The van der Waals surface area contributed by atoms with Gasteiger partial charge in [-0.2, -0.15) is 0 Å². The highest BCUT2D eigenvalue weighted by Gasteiger charge is 2.12. The molecule has 1 aliphatic heterocycles. The Labute approximate surface area is 88.2 Å². The Balaban J connectivity index is 2.01. The fraction of sp³-hybridized carbons (Fsp3) is 0.364. The molecule has 4 nitrogen and oxygen atoms in total. The van der Waals surface area contributed by atoms with Crippen molar-refractivity contribution in [1.82, 2.24) is 5.32 Å². The number of hydrogen-bond acceptors (Lipinski definition) is 3. The average Bonchev–Trinajstić information content (AvgIpc) is 2.72. The summed E-state index contributed by atoms with van der Waals surface area (Å²) in [7, 11) is 0. The van der Waals surface area contributed by atoms with Crippen LogP contribution < -0.4 is 14.8 Å². The van der Waals surface area contributed by atoms with Gasteiger partial charge in [-0.3, -0.25) is 4.79 Å². The highest BCUT2D eigenvalue weighted by atomic mass is 16.7. The van der Waals surface area contributed by atoms with Crippen LogP contribution in [0.15, 0.2) is 18.2 Å². The number of nitrogens with one attached hydrogen (secondary N) is 1. The van der Waals surface area contributed by atoms with E-state index in [1.54, 1.807) is 0 Å². The van der Waals surface area contributed by atoms with Gasteiger partial charge < -0.3 is 14.8 Å². The minimum atomic E-state index is 0.0488. The van der Waals surface area contributed by atoms with Gasteiger partial charge in [0.2, 0.25) is 12.7 Å². The quantitative estimate of drug-likeness (QED) is 0.815. The number of rotatable bonds is 3. The summed E-state index contributed by atoms with van der Waals surface area (Å²) < 4.78 is 10.4.